The number of carbonyl (C=O) groups is 1. The van der Waals surface area contributed by atoms with E-state index in [-0.39, 0.29) is 6.42 Å². The number of aliphatic hydroxyl groups excluding tert-OH is 2. The first kappa shape index (κ1) is 22.0. The normalized spacial score (nSPS) is 15.5. The molecule has 0 heterocycles. The van der Waals surface area contributed by atoms with Gasteiger partial charge in [0.15, 0.2) is 11.1 Å². The van der Waals surface area contributed by atoms with E-state index in [4.69, 9.17) is 5.11 Å². The van der Waals surface area contributed by atoms with Crippen LogP contribution in [-0.4, -0.2) is 39.2 Å². The van der Waals surface area contributed by atoms with Crippen molar-refractivity contribution in [3.63, 3.8) is 0 Å². The number of carbonyl (C=O) groups excluding carboxylic acids is 1. The van der Waals surface area contributed by atoms with Gasteiger partial charge in [-0.05, 0) is 6.42 Å². The van der Waals surface area contributed by atoms with Gasteiger partial charge in [-0.1, -0.05) is 80.4 Å². The molecule has 0 aromatic carbocycles. The SMILES string of the molecule is CCCCCCCCCCCCCC(=O)C(O)(P)C(O)CO. The summed E-state index contributed by atoms with van der Waals surface area (Å²) < 4.78 is 0. The van der Waals surface area contributed by atoms with Gasteiger partial charge in [0, 0.05) is 6.42 Å². The van der Waals surface area contributed by atoms with Crippen LogP contribution in [0.2, 0.25) is 0 Å². The Balaban J connectivity index is 3.48. The van der Waals surface area contributed by atoms with Crippen LogP contribution < -0.4 is 0 Å². The van der Waals surface area contributed by atoms with Gasteiger partial charge < -0.3 is 15.3 Å². The molecular weight excluding hydrogens is 299 g/mol. The van der Waals surface area contributed by atoms with E-state index in [9.17, 15) is 15.0 Å². The summed E-state index contributed by atoms with van der Waals surface area (Å²) in [4.78, 5) is 11.8. The van der Waals surface area contributed by atoms with E-state index in [0.29, 0.717) is 0 Å². The summed E-state index contributed by atoms with van der Waals surface area (Å²) in [7, 11) is 1.95. The van der Waals surface area contributed by atoms with Gasteiger partial charge in [0.05, 0.1) is 6.61 Å². The second-order valence-electron chi connectivity index (χ2n) is 6.23. The van der Waals surface area contributed by atoms with E-state index in [1.165, 1.54) is 51.4 Å². The molecule has 0 aromatic heterocycles. The highest BCUT2D eigenvalue weighted by atomic mass is 31.0. The van der Waals surface area contributed by atoms with Gasteiger partial charge in [-0.25, -0.2) is 0 Å². The Kier molecular flexibility index (Phi) is 13.4. The maximum absolute atomic E-state index is 11.8. The Bertz CT molecular complexity index is 282. The van der Waals surface area contributed by atoms with Crippen LogP contribution in [0.15, 0.2) is 0 Å². The Morgan fingerprint density at radius 1 is 0.955 bits per heavy atom. The standard InChI is InChI=1S/C17H35O4P/c1-2-3-4-5-6-7-8-9-10-11-12-13-15(19)17(21,22)16(20)14-18/h16,18,20-21H,2-14,22H2,1H3. The van der Waals surface area contributed by atoms with Crippen molar-refractivity contribution in [1.82, 2.24) is 0 Å². The number of Topliss-reactive ketones (excluding diaryl/α,β-unsaturated/α-hetero) is 1. The van der Waals surface area contributed by atoms with Crippen molar-refractivity contribution >= 4 is 15.0 Å². The van der Waals surface area contributed by atoms with Crippen LogP contribution in [0.4, 0.5) is 0 Å². The average molecular weight is 334 g/mol. The average Bonchev–Trinajstić information content (AvgIpc) is 2.51. The molecule has 0 saturated carbocycles. The van der Waals surface area contributed by atoms with Crippen LogP contribution >= 0.6 is 9.24 Å². The highest BCUT2D eigenvalue weighted by Gasteiger charge is 2.37. The molecule has 3 unspecified atom stereocenters. The summed E-state index contributed by atoms with van der Waals surface area (Å²) in [5.41, 5.74) is 0. The van der Waals surface area contributed by atoms with E-state index >= 15 is 0 Å². The highest BCUT2D eigenvalue weighted by Crippen LogP contribution is 2.23. The number of hydrogen-bond acceptors (Lipinski definition) is 4. The zero-order chi connectivity index (χ0) is 16.8. The molecule has 0 amide bonds. The van der Waals surface area contributed by atoms with Gasteiger partial charge in [0.2, 0.25) is 0 Å². The summed E-state index contributed by atoms with van der Waals surface area (Å²) in [6.45, 7) is 1.61. The van der Waals surface area contributed by atoms with Gasteiger partial charge >= 0.3 is 0 Å². The first-order valence-electron chi connectivity index (χ1n) is 8.80. The van der Waals surface area contributed by atoms with Crippen LogP contribution in [0.25, 0.3) is 0 Å². The third kappa shape index (κ3) is 9.89. The van der Waals surface area contributed by atoms with Crippen molar-refractivity contribution < 1.29 is 20.1 Å². The minimum Gasteiger partial charge on any atom is -0.394 e. The molecule has 0 fully saturated rings. The predicted octanol–water partition coefficient (Wildman–Crippen LogP) is 3.17. The molecule has 0 radical (unpaired) electrons. The molecule has 0 bridgehead atoms. The summed E-state index contributed by atoms with van der Waals surface area (Å²) >= 11 is 0. The van der Waals surface area contributed by atoms with Crippen molar-refractivity contribution in [1.29, 1.82) is 0 Å². The lowest BCUT2D eigenvalue weighted by molar-refractivity contribution is -0.139. The van der Waals surface area contributed by atoms with E-state index in [2.05, 4.69) is 6.92 Å². The van der Waals surface area contributed by atoms with Crippen molar-refractivity contribution in [2.75, 3.05) is 6.61 Å². The Morgan fingerprint density at radius 2 is 1.36 bits per heavy atom. The first-order chi connectivity index (χ1) is 10.5. The van der Waals surface area contributed by atoms with Crippen LogP contribution in [0, 0.1) is 0 Å². The number of unbranched alkanes of at least 4 members (excludes halogenated alkanes) is 10. The third-order valence-corrected chi connectivity index (χ3v) is 4.84. The molecule has 0 spiro atoms. The summed E-state index contributed by atoms with van der Waals surface area (Å²) in [6, 6.07) is 0. The fourth-order valence-electron chi connectivity index (χ4n) is 2.48. The van der Waals surface area contributed by atoms with Crippen LogP contribution in [0.5, 0.6) is 0 Å². The van der Waals surface area contributed by atoms with Crippen molar-refractivity contribution in [3.8, 4) is 0 Å². The molecule has 0 saturated heterocycles. The lowest BCUT2D eigenvalue weighted by atomic mass is 10.0. The van der Waals surface area contributed by atoms with Gasteiger partial charge in [-0.2, -0.15) is 0 Å². The van der Waals surface area contributed by atoms with Crippen molar-refractivity contribution in [3.05, 3.63) is 0 Å². The number of aliphatic hydroxyl groups is 3. The molecule has 4 nitrogen and oxygen atoms in total. The lowest BCUT2D eigenvalue weighted by Crippen LogP contribution is -2.45. The molecule has 0 aliphatic rings. The van der Waals surface area contributed by atoms with Crippen molar-refractivity contribution in [2.24, 2.45) is 0 Å². The fraction of sp³-hybridized carbons (Fsp3) is 0.941. The zero-order valence-electron chi connectivity index (χ0n) is 14.1. The molecule has 0 aromatic rings. The quantitative estimate of drug-likeness (QED) is 0.317. The number of hydrogen-bond donors (Lipinski definition) is 3. The first-order valence-corrected chi connectivity index (χ1v) is 9.38. The summed E-state index contributed by atoms with van der Waals surface area (Å²) in [6.07, 6.45) is 12.1. The minimum atomic E-state index is -1.91. The Hall–Kier alpha value is -0.0200. The molecule has 3 atom stereocenters. The molecule has 3 N–H and O–H groups in total. The smallest absolute Gasteiger partial charge is 0.170 e. The van der Waals surface area contributed by atoms with Crippen LogP contribution in [0.1, 0.15) is 84.0 Å². The second-order valence-corrected chi connectivity index (χ2v) is 7.11. The van der Waals surface area contributed by atoms with Gasteiger partial charge in [0.1, 0.15) is 6.10 Å². The van der Waals surface area contributed by atoms with E-state index < -0.39 is 23.8 Å². The van der Waals surface area contributed by atoms with Crippen LogP contribution in [0.3, 0.4) is 0 Å². The Morgan fingerprint density at radius 3 is 1.77 bits per heavy atom. The summed E-state index contributed by atoms with van der Waals surface area (Å²) in [5, 5.41) is 26.1. The fourth-order valence-corrected chi connectivity index (χ4v) is 2.72. The third-order valence-electron chi connectivity index (χ3n) is 4.14. The Labute approximate surface area is 137 Å². The molecule has 132 valence electrons. The second kappa shape index (κ2) is 13.4. The predicted molar refractivity (Wildman–Crippen MR) is 93.8 cm³/mol. The largest absolute Gasteiger partial charge is 0.394 e. The molecule has 22 heavy (non-hydrogen) atoms. The summed E-state index contributed by atoms with van der Waals surface area (Å²) in [5.74, 6) is -0.421. The number of rotatable bonds is 15. The van der Waals surface area contributed by atoms with Crippen LogP contribution in [-0.2, 0) is 4.79 Å². The molecular formula is C17H35O4P. The molecule has 0 aliphatic carbocycles. The van der Waals surface area contributed by atoms with Gasteiger partial charge in [0.25, 0.3) is 0 Å². The number of ketones is 1. The molecule has 0 rings (SSSR count). The zero-order valence-corrected chi connectivity index (χ0v) is 15.3. The van der Waals surface area contributed by atoms with E-state index in [1.54, 1.807) is 0 Å². The molecule has 5 heteroatoms. The van der Waals surface area contributed by atoms with Gasteiger partial charge in [-0.15, -0.1) is 0 Å². The topological polar surface area (TPSA) is 77.8 Å². The minimum absolute atomic E-state index is 0.244. The molecule has 0 aliphatic heterocycles. The highest BCUT2D eigenvalue weighted by molar-refractivity contribution is 7.20. The maximum atomic E-state index is 11.8. The monoisotopic (exact) mass is 334 g/mol. The van der Waals surface area contributed by atoms with Crippen molar-refractivity contribution in [2.45, 2.75) is 95.4 Å². The van der Waals surface area contributed by atoms with Gasteiger partial charge in [-0.3, -0.25) is 4.79 Å². The van der Waals surface area contributed by atoms with E-state index in [1.807, 2.05) is 9.24 Å². The maximum Gasteiger partial charge on any atom is 0.170 e. The van der Waals surface area contributed by atoms with E-state index in [0.717, 1.165) is 19.3 Å². The lowest BCUT2D eigenvalue weighted by Gasteiger charge is -2.25.